The van der Waals surface area contributed by atoms with Crippen molar-refractivity contribution in [2.45, 2.75) is 57.3 Å². The average molecular weight is 390 g/mol. The topological polar surface area (TPSA) is 63.2 Å². The molecule has 0 unspecified atom stereocenters. The maximum absolute atomic E-state index is 12.6. The smallest absolute Gasteiger partial charge is 0.228 e. The Morgan fingerprint density at radius 1 is 1.15 bits per heavy atom. The lowest BCUT2D eigenvalue weighted by molar-refractivity contribution is -0.118. The summed E-state index contributed by atoms with van der Waals surface area (Å²) < 4.78 is 0.726. The van der Waals surface area contributed by atoms with Crippen molar-refractivity contribution in [3.8, 4) is 0 Å². The normalized spacial score (nSPS) is 13.7. The number of benzene rings is 1. The van der Waals surface area contributed by atoms with E-state index < -0.39 is 0 Å². The highest BCUT2D eigenvalue weighted by molar-refractivity contribution is 8.01. The number of aryl methyl sites for hydroxylation is 3. The summed E-state index contributed by atoms with van der Waals surface area (Å²) in [7, 11) is 0. The molecule has 1 fully saturated rings. The molecule has 0 bridgehead atoms. The van der Waals surface area contributed by atoms with Crippen LogP contribution in [0.1, 0.15) is 53.2 Å². The molecule has 1 amide bonds. The van der Waals surface area contributed by atoms with Crippen LogP contribution < -0.4 is 4.90 Å². The van der Waals surface area contributed by atoms with Gasteiger partial charge in [-0.15, -0.1) is 10.2 Å². The molecule has 1 aromatic heterocycles. The summed E-state index contributed by atoms with van der Waals surface area (Å²) in [6, 6.07) is 4.29. The number of hydrogen-bond donors (Lipinski definition) is 0. The first-order valence-electron chi connectivity index (χ1n) is 8.80. The number of nitrogens with zero attached hydrogens (tertiary/aromatic N) is 3. The Morgan fingerprint density at radius 3 is 2.50 bits per heavy atom. The van der Waals surface area contributed by atoms with Crippen LogP contribution in [0, 0.1) is 20.8 Å². The van der Waals surface area contributed by atoms with Crippen LogP contribution in [0.4, 0.5) is 5.13 Å². The SMILES string of the molecule is CCC(=O)N(c1nnc(SCC(=O)c2cc(C)c(C)cc2C)s1)C1CC1. The number of carbonyl (C=O) groups excluding carboxylic acids is 2. The fraction of sp³-hybridized carbons (Fsp3) is 0.474. The molecular formula is C19H23N3O2S2. The summed E-state index contributed by atoms with van der Waals surface area (Å²) in [5.41, 5.74) is 4.10. The van der Waals surface area contributed by atoms with Gasteiger partial charge in [-0.25, -0.2) is 0 Å². The van der Waals surface area contributed by atoms with E-state index in [-0.39, 0.29) is 17.7 Å². The van der Waals surface area contributed by atoms with Crippen molar-refractivity contribution < 1.29 is 9.59 Å². The first-order chi connectivity index (χ1) is 12.4. The molecule has 7 heteroatoms. The van der Waals surface area contributed by atoms with Crippen LogP contribution in [0.2, 0.25) is 0 Å². The number of carbonyl (C=O) groups is 2. The number of hydrogen-bond acceptors (Lipinski definition) is 6. The standard InChI is InChI=1S/C19H23N3O2S2/c1-5-17(24)22(14-6-7-14)18-20-21-19(26-18)25-10-16(23)15-9-12(3)11(2)8-13(15)4/h8-9,14H,5-7,10H2,1-4H3. The van der Waals surface area contributed by atoms with Crippen LogP contribution in [0.5, 0.6) is 0 Å². The average Bonchev–Trinajstić information content (AvgIpc) is 3.33. The van der Waals surface area contributed by atoms with Gasteiger partial charge in [-0.05, 0) is 56.4 Å². The molecule has 3 rings (SSSR count). The highest BCUT2D eigenvalue weighted by Crippen LogP contribution is 2.36. The van der Waals surface area contributed by atoms with Gasteiger partial charge < -0.3 is 0 Å². The van der Waals surface area contributed by atoms with E-state index in [1.807, 2.05) is 26.8 Å². The molecule has 2 aromatic rings. The Kier molecular flexibility index (Phi) is 5.77. The maximum Gasteiger partial charge on any atom is 0.228 e. The Bertz CT molecular complexity index is 843. The summed E-state index contributed by atoms with van der Waals surface area (Å²) >= 11 is 2.78. The summed E-state index contributed by atoms with van der Waals surface area (Å²) in [5, 5.41) is 9.00. The highest BCUT2D eigenvalue weighted by atomic mass is 32.2. The number of anilines is 1. The van der Waals surface area contributed by atoms with Crippen LogP contribution in [-0.2, 0) is 4.79 Å². The van der Waals surface area contributed by atoms with Gasteiger partial charge in [-0.3, -0.25) is 14.5 Å². The van der Waals surface area contributed by atoms with Gasteiger partial charge in [0, 0.05) is 18.0 Å². The van der Waals surface area contributed by atoms with Crippen LogP contribution in [0.25, 0.3) is 0 Å². The Balaban J connectivity index is 1.67. The van der Waals surface area contributed by atoms with Crippen molar-refractivity contribution in [2.75, 3.05) is 10.7 Å². The van der Waals surface area contributed by atoms with Gasteiger partial charge in [0.15, 0.2) is 10.1 Å². The lowest BCUT2D eigenvalue weighted by atomic mass is 9.99. The van der Waals surface area contributed by atoms with Crippen LogP contribution in [-0.4, -0.2) is 33.7 Å². The molecule has 0 aliphatic heterocycles. The molecule has 1 aromatic carbocycles. The van der Waals surface area contributed by atoms with Crippen LogP contribution in [0.3, 0.4) is 0 Å². The predicted octanol–water partition coefficient (Wildman–Crippen LogP) is 4.34. The van der Waals surface area contributed by atoms with Crippen molar-refractivity contribution in [3.63, 3.8) is 0 Å². The molecule has 1 heterocycles. The predicted molar refractivity (Wildman–Crippen MR) is 106 cm³/mol. The lowest BCUT2D eigenvalue weighted by Gasteiger charge is -2.17. The quantitative estimate of drug-likeness (QED) is 0.400. The molecule has 0 radical (unpaired) electrons. The van der Waals surface area contributed by atoms with E-state index in [1.165, 1.54) is 28.7 Å². The van der Waals surface area contributed by atoms with E-state index in [0.29, 0.717) is 17.3 Å². The van der Waals surface area contributed by atoms with Gasteiger partial charge in [-0.2, -0.15) is 0 Å². The molecule has 0 atom stereocenters. The minimum atomic E-state index is 0.0852. The molecule has 1 aliphatic rings. The second kappa shape index (κ2) is 7.88. The monoisotopic (exact) mass is 389 g/mol. The van der Waals surface area contributed by atoms with Crippen molar-refractivity contribution in [1.29, 1.82) is 0 Å². The van der Waals surface area contributed by atoms with Crippen molar-refractivity contribution in [1.82, 2.24) is 10.2 Å². The van der Waals surface area contributed by atoms with Gasteiger partial charge in [0.05, 0.1) is 5.75 Å². The molecule has 0 N–H and O–H groups in total. The zero-order valence-corrected chi connectivity index (χ0v) is 17.2. The molecular weight excluding hydrogens is 366 g/mol. The summed E-state index contributed by atoms with van der Waals surface area (Å²) in [5.74, 6) is 0.501. The van der Waals surface area contributed by atoms with Crippen LogP contribution in [0.15, 0.2) is 16.5 Å². The van der Waals surface area contributed by atoms with E-state index in [2.05, 4.69) is 23.2 Å². The third-order valence-electron chi connectivity index (χ3n) is 4.55. The molecule has 0 spiro atoms. The second-order valence-electron chi connectivity index (χ2n) is 6.66. The number of rotatable bonds is 7. The Morgan fingerprint density at radius 2 is 1.85 bits per heavy atom. The van der Waals surface area contributed by atoms with Gasteiger partial charge in [0.1, 0.15) is 0 Å². The van der Waals surface area contributed by atoms with Crippen molar-refractivity contribution in [3.05, 3.63) is 34.4 Å². The van der Waals surface area contributed by atoms with Crippen LogP contribution >= 0.6 is 23.1 Å². The third kappa shape index (κ3) is 4.15. The zero-order chi connectivity index (χ0) is 18.8. The Labute approximate surface area is 162 Å². The van der Waals surface area contributed by atoms with E-state index in [4.69, 9.17) is 0 Å². The molecule has 1 aliphatic carbocycles. The molecule has 1 saturated carbocycles. The number of aromatic nitrogens is 2. The minimum absolute atomic E-state index is 0.0852. The zero-order valence-electron chi connectivity index (χ0n) is 15.5. The van der Waals surface area contributed by atoms with Gasteiger partial charge in [-0.1, -0.05) is 36.1 Å². The second-order valence-corrected chi connectivity index (χ2v) is 8.84. The van der Waals surface area contributed by atoms with E-state index >= 15 is 0 Å². The van der Waals surface area contributed by atoms with E-state index in [1.54, 1.807) is 4.90 Å². The number of thioether (sulfide) groups is 1. The lowest BCUT2D eigenvalue weighted by Crippen LogP contribution is -2.32. The number of Topliss-reactive ketones (excluding diaryl/α,β-unsaturated/α-hetero) is 1. The summed E-state index contributed by atoms with van der Waals surface area (Å²) in [6.07, 6.45) is 2.51. The molecule has 26 heavy (non-hydrogen) atoms. The maximum atomic E-state index is 12.6. The fourth-order valence-corrected chi connectivity index (χ4v) is 4.61. The first kappa shape index (κ1) is 19.0. The van der Waals surface area contributed by atoms with Crippen molar-refractivity contribution >= 4 is 39.9 Å². The van der Waals surface area contributed by atoms with Gasteiger partial charge in [0.2, 0.25) is 11.0 Å². The fourth-order valence-electron chi connectivity index (χ4n) is 2.79. The van der Waals surface area contributed by atoms with Crippen molar-refractivity contribution in [2.24, 2.45) is 0 Å². The largest absolute Gasteiger partial charge is 0.293 e. The highest BCUT2D eigenvalue weighted by Gasteiger charge is 2.35. The minimum Gasteiger partial charge on any atom is -0.293 e. The molecule has 138 valence electrons. The third-order valence-corrected chi connectivity index (χ3v) is 6.61. The first-order valence-corrected chi connectivity index (χ1v) is 10.6. The summed E-state index contributed by atoms with van der Waals surface area (Å²) in [4.78, 5) is 26.5. The number of ketones is 1. The molecule has 5 nitrogen and oxygen atoms in total. The van der Waals surface area contributed by atoms with Gasteiger partial charge in [0.25, 0.3) is 0 Å². The van der Waals surface area contributed by atoms with Gasteiger partial charge >= 0.3 is 0 Å². The van der Waals surface area contributed by atoms with E-state index in [9.17, 15) is 9.59 Å². The number of amides is 1. The van der Waals surface area contributed by atoms with E-state index in [0.717, 1.165) is 33.9 Å². The molecule has 0 saturated heterocycles. The Hall–Kier alpha value is -1.73. The summed E-state index contributed by atoms with van der Waals surface area (Å²) in [6.45, 7) is 7.90.